The molecule has 0 aromatic carbocycles. The summed E-state index contributed by atoms with van der Waals surface area (Å²) >= 11 is 0. The van der Waals surface area contributed by atoms with Gasteiger partial charge < -0.3 is 4.74 Å². The molecule has 16 heavy (non-hydrogen) atoms. The molecule has 0 aliphatic carbocycles. The fraction of sp³-hybridized carbons (Fsp3) is 0.700. The first kappa shape index (κ1) is 15.1. The molecular weight excluding hydrogens is 230 g/mol. The Morgan fingerprint density at radius 1 is 1.56 bits per heavy atom. The number of hydrogen-bond donors (Lipinski definition) is 1. The molecule has 0 rings (SSSR count). The summed E-state index contributed by atoms with van der Waals surface area (Å²) in [6, 6.07) is -0.871. The van der Waals surface area contributed by atoms with Gasteiger partial charge in [-0.25, -0.2) is 13.1 Å². The Morgan fingerprint density at radius 2 is 2.19 bits per heavy atom. The van der Waals surface area contributed by atoms with E-state index in [2.05, 4.69) is 16.0 Å². The molecule has 0 spiro atoms. The van der Waals surface area contributed by atoms with E-state index in [1.54, 1.807) is 0 Å². The van der Waals surface area contributed by atoms with Gasteiger partial charge in [0.1, 0.15) is 6.04 Å². The Balaban J connectivity index is 4.49. The standard InChI is InChI=1S/C10H19NO4S/c1-4-6-8-16(13,14)11-9(7-5-2)10(12)15-3/h5,9,11H,2,4,6-8H2,1,3H3/t9-/m0/s1. The largest absolute Gasteiger partial charge is 0.468 e. The Kier molecular flexibility index (Phi) is 7.00. The summed E-state index contributed by atoms with van der Waals surface area (Å²) in [6.07, 6.45) is 3.05. The third kappa shape index (κ3) is 5.87. The van der Waals surface area contributed by atoms with Crippen molar-refractivity contribution in [2.24, 2.45) is 0 Å². The second kappa shape index (κ2) is 7.40. The van der Waals surface area contributed by atoms with Crippen molar-refractivity contribution in [3.8, 4) is 0 Å². The van der Waals surface area contributed by atoms with Crippen molar-refractivity contribution < 1.29 is 17.9 Å². The monoisotopic (exact) mass is 249 g/mol. The van der Waals surface area contributed by atoms with Crippen LogP contribution < -0.4 is 4.72 Å². The van der Waals surface area contributed by atoms with Gasteiger partial charge in [0.15, 0.2) is 0 Å². The molecule has 94 valence electrons. The highest BCUT2D eigenvalue weighted by Gasteiger charge is 2.23. The summed E-state index contributed by atoms with van der Waals surface area (Å²) in [5, 5.41) is 0. The van der Waals surface area contributed by atoms with Gasteiger partial charge in [0.05, 0.1) is 12.9 Å². The normalized spacial score (nSPS) is 13.1. The predicted molar refractivity (Wildman–Crippen MR) is 62.4 cm³/mol. The first-order valence-electron chi connectivity index (χ1n) is 5.15. The Morgan fingerprint density at radius 3 is 2.62 bits per heavy atom. The van der Waals surface area contributed by atoms with Crippen molar-refractivity contribution in [1.29, 1.82) is 0 Å². The van der Waals surface area contributed by atoms with Crippen LogP contribution in [0.3, 0.4) is 0 Å². The molecule has 0 aromatic heterocycles. The molecule has 0 aliphatic heterocycles. The maximum absolute atomic E-state index is 11.5. The number of nitrogens with one attached hydrogen (secondary N) is 1. The van der Waals surface area contributed by atoms with E-state index in [1.807, 2.05) is 6.92 Å². The number of hydrogen-bond acceptors (Lipinski definition) is 4. The number of methoxy groups -OCH3 is 1. The molecule has 1 N–H and O–H groups in total. The topological polar surface area (TPSA) is 72.5 Å². The minimum absolute atomic E-state index is 0.0220. The average molecular weight is 249 g/mol. The molecule has 0 radical (unpaired) electrons. The van der Waals surface area contributed by atoms with E-state index in [-0.39, 0.29) is 12.2 Å². The minimum atomic E-state index is -3.42. The van der Waals surface area contributed by atoms with Crippen LogP contribution in [0.1, 0.15) is 26.2 Å². The van der Waals surface area contributed by atoms with Crippen LogP contribution in [0.25, 0.3) is 0 Å². The lowest BCUT2D eigenvalue weighted by atomic mass is 10.2. The molecule has 0 unspecified atom stereocenters. The first-order valence-corrected chi connectivity index (χ1v) is 6.80. The maximum atomic E-state index is 11.5. The van der Waals surface area contributed by atoms with Crippen molar-refractivity contribution in [1.82, 2.24) is 4.72 Å². The highest BCUT2D eigenvalue weighted by atomic mass is 32.2. The van der Waals surface area contributed by atoms with Gasteiger partial charge in [-0.15, -0.1) is 6.58 Å². The minimum Gasteiger partial charge on any atom is -0.468 e. The summed E-state index contributed by atoms with van der Waals surface area (Å²) in [7, 11) is -2.20. The number of unbranched alkanes of at least 4 members (excludes halogenated alkanes) is 1. The fourth-order valence-electron chi connectivity index (χ4n) is 1.11. The Bertz CT molecular complexity index is 324. The van der Waals surface area contributed by atoms with Crippen LogP contribution in [0, 0.1) is 0 Å². The van der Waals surface area contributed by atoms with Crippen molar-refractivity contribution in [2.45, 2.75) is 32.2 Å². The quantitative estimate of drug-likeness (QED) is 0.510. The Labute approximate surface area is 96.9 Å². The van der Waals surface area contributed by atoms with E-state index in [9.17, 15) is 13.2 Å². The molecular formula is C10H19NO4S. The molecule has 5 nitrogen and oxygen atoms in total. The van der Waals surface area contributed by atoms with Crippen LogP contribution in [-0.2, 0) is 19.6 Å². The van der Waals surface area contributed by atoms with E-state index < -0.39 is 22.0 Å². The highest BCUT2D eigenvalue weighted by molar-refractivity contribution is 7.89. The van der Waals surface area contributed by atoms with Gasteiger partial charge in [0.2, 0.25) is 10.0 Å². The van der Waals surface area contributed by atoms with Crippen LogP contribution >= 0.6 is 0 Å². The smallest absolute Gasteiger partial charge is 0.324 e. The van der Waals surface area contributed by atoms with Crippen molar-refractivity contribution in [3.05, 3.63) is 12.7 Å². The lowest BCUT2D eigenvalue weighted by Crippen LogP contribution is -2.42. The molecule has 0 saturated heterocycles. The lowest BCUT2D eigenvalue weighted by molar-refractivity contribution is -0.142. The molecule has 0 aromatic rings. The fourth-order valence-corrected chi connectivity index (χ4v) is 2.52. The van der Waals surface area contributed by atoms with Crippen LogP contribution in [-0.4, -0.2) is 33.3 Å². The molecule has 0 bridgehead atoms. The van der Waals surface area contributed by atoms with Crippen molar-refractivity contribution >= 4 is 16.0 Å². The lowest BCUT2D eigenvalue weighted by Gasteiger charge is -2.14. The average Bonchev–Trinajstić information content (AvgIpc) is 2.24. The molecule has 0 aliphatic rings. The van der Waals surface area contributed by atoms with Gasteiger partial charge in [-0.3, -0.25) is 4.79 Å². The van der Waals surface area contributed by atoms with E-state index in [4.69, 9.17) is 0 Å². The van der Waals surface area contributed by atoms with Gasteiger partial charge in [-0.1, -0.05) is 19.4 Å². The summed E-state index contributed by atoms with van der Waals surface area (Å²) in [6.45, 7) is 5.37. The summed E-state index contributed by atoms with van der Waals surface area (Å²) in [5.74, 6) is -0.575. The number of ether oxygens (including phenoxy) is 1. The van der Waals surface area contributed by atoms with Gasteiger partial charge in [-0.2, -0.15) is 0 Å². The molecule has 6 heteroatoms. The predicted octanol–water partition coefficient (Wildman–Crippen LogP) is 0.824. The van der Waals surface area contributed by atoms with Crippen LogP contribution in [0.15, 0.2) is 12.7 Å². The highest BCUT2D eigenvalue weighted by Crippen LogP contribution is 2.01. The molecule has 0 amide bonds. The van der Waals surface area contributed by atoms with Gasteiger partial charge in [0.25, 0.3) is 0 Å². The summed E-state index contributed by atoms with van der Waals surface area (Å²) in [4.78, 5) is 11.3. The maximum Gasteiger partial charge on any atom is 0.324 e. The van der Waals surface area contributed by atoms with Crippen LogP contribution in [0.5, 0.6) is 0 Å². The number of rotatable bonds is 8. The zero-order chi connectivity index (χ0) is 12.6. The molecule has 1 atom stereocenters. The molecule has 0 heterocycles. The Hall–Kier alpha value is -0.880. The molecule has 0 saturated carbocycles. The van der Waals surface area contributed by atoms with E-state index in [0.29, 0.717) is 6.42 Å². The van der Waals surface area contributed by atoms with E-state index in [1.165, 1.54) is 13.2 Å². The summed E-state index contributed by atoms with van der Waals surface area (Å²) in [5.41, 5.74) is 0. The van der Waals surface area contributed by atoms with Crippen LogP contribution in [0.4, 0.5) is 0 Å². The summed E-state index contributed by atoms with van der Waals surface area (Å²) < 4.78 is 29.9. The van der Waals surface area contributed by atoms with Gasteiger partial charge in [-0.05, 0) is 12.8 Å². The number of carbonyl (C=O) groups excluding carboxylic acids is 1. The zero-order valence-corrected chi connectivity index (χ0v) is 10.5. The molecule has 0 fully saturated rings. The number of carbonyl (C=O) groups is 1. The van der Waals surface area contributed by atoms with Gasteiger partial charge >= 0.3 is 5.97 Å². The SMILES string of the molecule is C=CC[C@H](NS(=O)(=O)CCCC)C(=O)OC. The first-order chi connectivity index (χ1) is 7.46. The second-order valence-electron chi connectivity index (χ2n) is 3.39. The van der Waals surface area contributed by atoms with Crippen LogP contribution in [0.2, 0.25) is 0 Å². The van der Waals surface area contributed by atoms with E-state index >= 15 is 0 Å². The van der Waals surface area contributed by atoms with Gasteiger partial charge in [0, 0.05) is 0 Å². The third-order valence-corrected chi connectivity index (χ3v) is 3.45. The van der Waals surface area contributed by atoms with E-state index in [0.717, 1.165) is 6.42 Å². The third-order valence-electron chi connectivity index (χ3n) is 1.98. The second-order valence-corrected chi connectivity index (χ2v) is 5.26. The van der Waals surface area contributed by atoms with Crippen molar-refractivity contribution in [3.63, 3.8) is 0 Å². The number of sulfonamides is 1. The van der Waals surface area contributed by atoms with Crippen molar-refractivity contribution in [2.75, 3.05) is 12.9 Å². The number of esters is 1. The zero-order valence-electron chi connectivity index (χ0n) is 9.73.